The third-order valence-electron chi connectivity index (χ3n) is 10.6. The van der Waals surface area contributed by atoms with Gasteiger partial charge in [0.2, 0.25) is 0 Å². The van der Waals surface area contributed by atoms with Crippen molar-refractivity contribution in [2.24, 2.45) is 0 Å². The molecule has 40 heavy (non-hydrogen) atoms. The van der Waals surface area contributed by atoms with Crippen LogP contribution in [0, 0.1) is 0 Å². The van der Waals surface area contributed by atoms with Gasteiger partial charge in [0.25, 0.3) is 0 Å². The van der Waals surface area contributed by atoms with Gasteiger partial charge in [-0.1, -0.05) is 0 Å². The molecular formula is C38H60SiV. The minimum absolute atomic E-state index is 0.467. The Morgan fingerprint density at radius 3 is 1.15 bits per heavy atom. The molecule has 2 aromatic rings. The van der Waals surface area contributed by atoms with Gasteiger partial charge in [-0.05, 0) is 0 Å². The Labute approximate surface area is 246 Å². The molecule has 221 valence electrons. The maximum atomic E-state index is 2.82. The van der Waals surface area contributed by atoms with E-state index >= 15 is 0 Å². The van der Waals surface area contributed by atoms with E-state index in [0.29, 0.717) is 32.9 Å². The van der Waals surface area contributed by atoms with Crippen molar-refractivity contribution in [2.45, 2.75) is 138 Å². The molecule has 2 heteroatoms. The van der Waals surface area contributed by atoms with Crippen molar-refractivity contribution in [3.8, 4) is 0 Å². The predicted octanol–water partition coefficient (Wildman–Crippen LogP) is 12.1. The molecule has 0 heterocycles. The fourth-order valence-corrected chi connectivity index (χ4v) is 24.3. The number of benzene rings is 2. The van der Waals surface area contributed by atoms with Crippen molar-refractivity contribution in [2.75, 3.05) is 0 Å². The summed E-state index contributed by atoms with van der Waals surface area (Å²) in [6.07, 6.45) is 7.52. The molecule has 0 radical (unpaired) electrons. The second kappa shape index (κ2) is 8.87. The molecule has 2 atom stereocenters. The number of rotatable bonds is 8. The maximum absolute atomic E-state index is 4.42. The molecule has 0 amide bonds. The van der Waals surface area contributed by atoms with Crippen LogP contribution in [0.25, 0.3) is 12.2 Å². The molecule has 0 nitrogen and oxygen atoms in total. The summed E-state index contributed by atoms with van der Waals surface area (Å²) in [6, 6.07) is 10.3. The molecule has 0 aromatic heterocycles. The fraction of sp³-hybridized carbons (Fsp3) is 0.579. The van der Waals surface area contributed by atoms with Crippen molar-refractivity contribution < 1.29 is 9.47 Å². The first kappa shape index (κ1) is 31.7. The fourth-order valence-electron chi connectivity index (χ4n) is 8.74. The minimum atomic E-state index is -4.42. The molecule has 0 spiro atoms. The van der Waals surface area contributed by atoms with Crippen molar-refractivity contribution >= 4 is 20.3 Å². The van der Waals surface area contributed by atoms with Crippen LogP contribution in [-0.4, -0.2) is 8.15 Å². The normalized spacial score (nSPS) is 21.7. The summed E-state index contributed by atoms with van der Waals surface area (Å²) in [5, 5.41) is 0. The third-order valence-corrected chi connectivity index (χ3v) is 24.0. The van der Waals surface area contributed by atoms with Gasteiger partial charge in [-0.15, -0.1) is 0 Å². The zero-order chi connectivity index (χ0) is 30.3. The molecule has 0 N–H and O–H groups in total. The summed E-state index contributed by atoms with van der Waals surface area (Å²) >= 11 is 0. The van der Waals surface area contributed by atoms with Gasteiger partial charge in [-0.25, -0.2) is 0 Å². The van der Waals surface area contributed by atoms with E-state index < -0.39 is 9.47 Å². The van der Waals surface area contributed by atoms with E-state index in [4.69, 9.17) is 0 Å². The van der Waals surface area contributed by atoms with E-state index in [9.17, 15) is 0 Å². The molecule has 4 rings (SSSR count). The first-order chi connectivity index (χ1) is 18.1. The summed E-state index contributed by atoms with van der Waals surface area (Å²) in [7, 11) is -1.93. The number of fused-ring (bicyclic) bond motifs is 2. The average molecular weight is 596 g/mol. The average Bonchev–Trinajstić information content (AvgIpc) is 3.41. The van der Waals surface area contributed by atoms with Gasteiger partial charge in [0, 0.05) is 0 Å². The van der Waals surface area contributed by atoms with Crippen molar-refractivity contribution in [3.05, 3.63) is 79.9 Å². The van der Waals surface area contributed by atoms with E-state index in [1.54, 1.807) is 44.5 Å². The van der Waals surface area contributed by atoms with Gasteiger partial charge in [0.05, 0.1) is 0 Å². The van der Waals surface area contributed by atoms with Gasteiger partial charge < -0.3 is 0 Å². The predicted molar refractivity (Wildman–Crippen MR) is 183 cm³/mol. The van der Waals surface area contributed by atoms with Gasteiger partial charge >= 0.3 is 247 Å². The Hall–Kier alpha value is -1.28. The quantitative estimate of drug-likeness (QED) is 0.266. The summed E-state index contributed by atoms with van der Waals surface area (Å²) in [6.45, 7) is 23.8. The molecule has 2 unspecified atom stereocenters. The zero-order valence-electron chi connectivity index (χ0n) is 28.5. The van der Waals surface area contributed by atoms with Crippen LogP contribution >= 0.6 is 0 Å². The van der Waals surface area contributed by atoms with Crippen molar-refractivity contribution in [1.82, 2.24) is 0 Å². The van der Waals surface area contributed by atoms with Crippen LogP contribution in [0.4, 0.5) is 0 Å². The molecule has 2 aliphatic rings. The first-order valence-electron chi connectivity index (χ1n) is 16.1. The number of hydrogen-bond donors (Lipinski definition) is 0. The summed E-state index contributed by atoms with van der Waals surface area (Å²) in [5.41, 5.74) is 27.1. The van der Waals surface area contributed by atoms with E-state index in [2.05, 4.69) is 136 Å². The summed E-state index contributed by atoms with van der Waals surface area (Å²) in [5.74, 6) is 2.09. The van der Waals surface area contributed by atoms with Crippen LogP contribution in [0.2, 0.25) is 22.5 Å². The molecule has 0 saturated heterocycles. The van der Waals surface area contributed by atoms with Crippen molar-refractivity contribution in [3.63, 3.8) is 0 Å². The van der Waals surface area contributed by atoms with Crippen LogP contribution in [0.5, 0.6) is 0 Å². The molecule has 0 bridgehead atoms. The number of allylic oxidation sites excluding steroid dienone is 2. The Bertz CT molecular complexity index is 1440. The standard InChI is InChI=1S/2C17H23.4CH3.H2Si.V/c2*1-6-13-7-15-9-14(11(2)3)10-16(12(4)5)17(15)8-13;;;;;;/h2*7-12H,6H2,1-5H3;4*1H3;1H2;. The molecule has 0 fully saturated rings. The first-order valence-corrected chi connectivity index (χ1v) is 26.9. The third kappa shape index (κ3) is 4.81. The number of hydrogen-bond acceptors (Lipinski definition) is 0. The Kier molecular flexibility index (Phi) is 7.02. The van der Waals surface area contributed by atoms with Gasteiger partial charge in [0.15, 0.2) is 0 Å². The Morgan fingerprint density at radius 1 is 0.575 bits per heavy atom. The summed E-state index contributed by atoms with van der Waals surface area (Å²) < 4.78 is 0.933. The second-order valence-electron chi connectivity index (χ2n) is 18.3. The van der Waals surface area contributed by atoms with Crippen LogP contribution in [-0.2, 0) is 9.47 Å². The molecule has 0 aliphatic heterocycles. The van der Waals surface area contributed by atoms with Crippen LogP contribution in [0.15, 0.2) is 35.4 Å². The van der Waals surface area contributed by atoms with E-state index in [0.717, 1.165) is 12.8 Å². The SMILES string of the molecule is CCC1=Cc2c(C(C)C)cc(C(C)C)cc2[CH]1[V]([CH3])([CH3])([CH3])([CH3])(=[SiH2])[CH]1C(CC)=Cc2c(C(C)C)cc(C(C)C)cc21. The van der Waals surface area contributed by atoms with E-state index in [1.165, 1.54) is 11.1 Å². The van der Waals surface area contributed by atoms with Gasteiger partial charge in [0.1, 0.15) is 0 Å². The van der Waals surface area contributed by atoms with E-state index in [1.807, 2.05) is 0 Å². The van der Waals surface area contributed by atoms with Crippen molar-refractivity contribution in [1.29, 1.82) is 0 Å². The van der Waals surface area contributed by atoms with E-state index in [-0.39, 0.29) is 0 Å². The van der Waals surface area contributed by atoms with Crippen LogP contribution in [0.1, 0.15) is 160 Å². The molecular weight excluding hydrogens is 535 g/mol. The zero-order valence-corrected chi connectivity index (χ0v) is 31.3. The van der Waals surface area contributed by atoms with Crippen LogP contribution in [0.3, 0.4) is 0 Å². The van der Waals surface area contributed by atoms with Crippen LogP contribution < -0.4 is 0 Å². The van der Waals surface area contributed by atoms with Gasteiger partial charge in [-0.2, -0.15) is 0 Å². The molecule has 0 saturated carbocycles. The summed E-state index contributed by atoms with van der Waals surface area (Å²) in [4.78, 5) is 0. The molecule has 2 aliphatic carbocycles. The van der Waals surface area contributed by atoms with Gasteiger partial charge in [-0.3, -0.25) is 0 Å². The Balaban J connectivity index is 2.16. The molecule has 2 aromatic carbocycles. The second-order valence-corrected chi connectivity index (χ2v) is 53.8. The Morgan fingerprint density at radius 2 is 0.900 bits per heavy atom. The monoisotopic (exact) mass is 595 g/mol. The topological polar surface area (TPSA) is 0 Å².